The quantitative estimate of drug-likeness (QED) is 0.431. The van der Waals surface area contributed by atoms with Crippen LogP contribution in [0.15, 0.2) is 0 Å². The van der Waals surface area contributed by atoms with Gasteiger partial charge in [-0.25, -0.2) is 4.79 Å². The van der Waals surface area contributed by atoms with Crippen LogP contribution in [0.2, 0.25) is 0 Å². The van der Waals surface area contributed by atoms with Crippen LogP contribution < -0.4 is 0 Å². The van der Waals surface area contributed by atoms with Crippen LogP contribution in [0.3, 0.4) is 0 Å². The van der Waals surface area contributed by atoms with Crippen molar-refractivity contribution >= 4 is 49.2 Å². The maximum absolute atomic E-state index is 8.56. The molecule has 0 aromatic heterocycles. The maximum atomic E-state index is 8.56. The minimum absolute atomic E-state index is 0. The molecule has 0 amide bonds. The van der Waals surface area contributed by atoms with E-state index in [-0.39, 0.29) is 43.1 Å². The normalized spacial score (nSPS) is 4.00. The van der Waals surface area contributed by atoms with Crippen LogP contribution in [0.5, 0.6) is 0 Å². The Morgan fingerprint density at radius 1 is 1.33 bits per heavy atom. The second kappa shape index (κ2) is 9.15. The summed E-state index contributed by atoms with van der Waals surface area (Å²) in [6.07, 6.45) is -1.83. The van der Waals surface area contributed by atoms with Crippen molar-refractivity contribution < 1.29 is 15.0 Å². The fourth-order valence-corrected chi connectivity index (χ4v) is 0. The molecule has 2 N–H and O–H groups in total. The molecule has 34 valence electrons. The third-order valence-corrected chi connectivity index (χ3v) is 0. The molecule has 0 aromatic carbocycles. The third kappa shape index (κ3) is 157. The Bertz CT molecular complexity index is 33.8. The molecule has 0 aliphatic rings. The van der Waals surface area contributed by atoms with Crippen molar-refractivity contribution in [2.75, 3.05) is 0 Å². The second-order valence-electron chi connectivity index (χ2n) is 0.283. The molecule has 0 atom stereocenters. The fourth-order valence-electron chi connectivity index (χ4n) is 0. The summed E-state index contributed by atoms with van der Waals surface area (Å²) in [7, 11) is 0. The van der Waals surface area contributed by atoms with E-state index in [1.54, 1.807) is 0 Å². The van der Waals surface area contributed by atoms with Crippen LogP contribution in [-0.4, -0.2) is 45.9 Å². The van der Waals surface area contributed by atoms with Crippen LogP contribution in [0.25, 0.3) is 0 Å². The first-order valence-corrected chi connectivity index (χ1v) is 0.651. The van der Waals surface area contributed by atoms with Gasteiger partial charge in [-0.1, -0.05) is 0 Å². The van der Waals surface area contributed by atoms with Gasteiger partial charge in [0.05, 0.1) is 0 Å². The van der Waals surface area contributed by atoms with Crippen molar-refractivity contribution in [3.05, 3.63) is 0 Å². The number of hydrogen-bond acceptors (Lipinski definition) is 1. The molecule has 0 aromatic rings. The first kappa shape index (κ1) is 16.0. The summed E-state index contributed by atoms with van der Waals surface area (Å²) in [6.45, 7) is 0. The van der Waals surface area contributed by atoms with Crippen molar-refractivity contribution in [2.24, 2.45) is 0 Å². The zero-order valence-corrected chi connectivity index (χ0v) is 3.30. The molecule has 0 unspecified atom stereocenters. The predicted molar refractivity (Wildman–Crippen MR) is 28.2 cm³/mol. The Morgan fingerprint density at radius 3 is 1.33 bits per heavy atom. The Labute approximate surface area is 64.1 Å². The fraction of sp³-hybridized carbons (Fsp3) is 0. The van der Waals surface area contributed by atoms with E-state index < -0.39 is 6.16 Å². The molecule has 5 heteroatoms. The van der Waals surface area contributed by atoms with E-state index in [4.69, 9.17) is 15.0 Å². The average molecular weight is 120 g/mol. The first-order chi connectivity index (χ1) is 1.73. The van der Waals surface area contributed by atoms with Gasteiger partial charge in [0, 0.05) is 0 Å². The van der Waals surface area contributed by atoms with Gasteiger partial charge in [-0.15, -0.1) is 0 Å². The SMILES string of the molecule is O=C(O)O.S.[NaH]. The molecule has 3 nitrogen and oxygen atoms in total. The van der Waals surface area contributed by atoms with E-state index in [1.807, 2.05) is 0 Å². The van der Waals surface area contributed by atoms with E-state index in [0.717, 1.165) is 0 Å². The molecule has 0 aliphatic heterocycles. The monoisotopic (exact) mass is 120 g/mol. The van der Waals surface area contributed by atoms with Gasteiger partial charge in [-0.05, 0) is 0 Å². The summed E-state index contributed by atoms with van der Waals surface area (Å²) < 4.78 is 0. The molecule has 0 rings (SSSR count). The molecule has 0 bridgehead atoms. The van der Waals surface area contributed by atoms with Crippen LogP contribution in [0.4, 0.5) is 4.79 Å². The summed E-state index contributed by atoms with van der Waals surface area (Å²) in [5.74, 6) is 0. The third-order valence-electron chi connectivity index (χ3n) is 0. The van der Waals surface area contributed by atoms with E-state index in [9.17, 15) is 0 Å². The van der Waals surface area contributed by atoms with Crippen molar-refractivity contribution in [1.82, 2.24) is 0 Å². The Kier molecular flexibility index (Phi) is 24.3. The molecule has 0 heterocycles. The van der Waals surface area contributed by atoms with Crippen molar-refractivity contribution in [3.8, 4) is 0 Å². The number of carbonyl (C=O) groups is 1. The van der Waals surface area contributed by atoms with E-state index in [2.05, 4.69) is 0 Å². The zero-order chi connectivity index (χ0) is 3.58. The number of rotatable bonds is 0. The summed E-state index contributed by atoms with van der Waals surface area (Å²) >= 11 is 0. The van der Waals surface area contributed by atoms with Crippen LogP contribution in [0.1, 0.15) is 0 Å². The molecule has 6 heavy (non-hydrogen) atoms. The van der Waals surface area contributed by atoms with Gasteiger partial charge in [0.2, 0.25) is 0 Å². The summed E-state index contributed by atoms with van der Waals surface area (Å²) in [6, 6.07) is 0. The molecule has 0 aliphatic carbocycles. The van der Waals surface area contributed by atoms with Crippen LogP contribution in [0, 0.1) is 0 Å². The van der Waals surface area contributed by atoms with Crippen molar-refractivity contribution in [1.29, 1.82) is 0 Å². The van der Waals surface area contributed by atoms with E-state index in [1.165, 1.54) is 0 Å². The van der Waals surface area contributed by atoms with Gasteiger partial charge in [-0.3, -0.25) is 0 Å². The molecular weight excluding hydrogens is 115 g/mol. The van der Waals surface area contributed by atoms with Gasteiger partial charge in [0.25, 0.3) is 0 Å². The second-order valence-corrected chi connectivity index (χ2v) is 0.283. The van der Waals surface area contributed by atoms with Crippen molar-refractivity contribution in [2.45, 2.75) is 0 Å². The predicted octanol–water partition coefficient (Wildman–Crippen LogP) is -0.313. The van der Waals surface area contributed by atoms with Crippen LogP contribution in [-0.2, 0) is 0 Å². The molecule has 0 saturated heterocycles. The summed E-state index contributed by atoms with van der Waals surface area (Å²) in [5, 5.41) is 13.9. The Hall–Kier alpha value is 0.620. The number of hydrogen-bond donors (Lipinski definition) is 2. The molecule has 0 saturated carbocycles. The Balaban J connectivity index is -0.0000000450. The summed E-state index contributed by atoms with van der Waals surface area (Å²) in [4.78, 5) is 8.56. The zero-order valence-electron chi connectivity index (χ0n) is 2.30. The van der Waals surface area contributed by atoms with Crippen molar-refractivity contribution in [3.63, 3.8) is 0 Å². The number of carboxylic acid groups (broad SMARTS) is 2. The van der Waals surface area contributed by atoms with E-state index >= 15 is 0 Å². The molecule has 0 spiro atoms. The van der Waals surface area contributed by atoms with Gasteiger partial charge in [0.15, 0.2) is 0 Å². The first-order valence-electron chi connectivity index (χ1n) is 0.651. The standard InChI is InChI=1S/CH2O3.Na.H2S.H/c2-1(3)4;;;/h(H2,2,3,4);;1H2;. The van der Waals surface area contributed by atoms with Gasteiger partial charge in [-0.2, -0.15) is 13.5 Å². The summed E-state index contributed by atoms with van der Waals surface area (Å²) in [5.41, 5.74) is 0. The minimum atomic E-state index is -1.83. The Morgan fingerprint density at radius 2 is 1.33 bits per heavy atom. The van der Waals surface area contributed by atoms with Gasteiger partial charge in [0.1, 0.15) is 0 Å². The van der Waals surface area contributed by atoms with Crippen LogP contribution >= 0.6 is 13.5 Å². The van der Waals surface area contributed by atoms with Gasteiger partial charge >= 0.3 is 35.7 Å². The molecular formula is CH5NaO3S. The van der Waals surface area contributed by atoms with Gasteiger partial charge < -0.3 is 10.2 Å². The molecule has 0 radical (unpaired) electrons. The topological polar surface area (TPSA) is 57.5 Å². The molecule has 0 fully saturated rings. The average Bonchev–Trinajstić information content (AvgIpc) is 0.811. The van der Waals surface area contributed by atoms with E-state index in [0.29, 0.717) is 0 Å².